The van der Waals surface area contributed by atoms with Crippen LogP contribution in [0.4, 0.5) is 0 Å². The van der Waals surface area contributed by atoms with E-state index in [1.807, 2.05) is 36.2 Å². The summed E-state index contributed by atoms with van der Waals surface area (Å²) in [5.74, 6) is 1.01. The molecule has 0 spiro atoms. The van der Waals surface area contributed by atoms with Crippen LogP contribution in [0.25, 0.3) is 0 Å². The van der Waals surface area contributed by atoms with E-state index in [-0.39, 0.29) is 5.91 Å². The highest BCUT2D eigenvalue weighted by Gasteiger charge is 2.26. The molecule has 1 fully saturated rings. The first-order valence-electron chi connectivity index (χ1n) is 7.14. The first-order chi connectivity index (χ1) is 9.11. The van der Waals surface area contributed by atoms with Crippen molar-refractivity contribution in [3.05, 3.63) is 34.3 Å². The first kappa shape index (κ1) is 14.6. The molecule has 1 aromatic carbocycles. The van der Waals surface area contributed by atoms with E-state index in [0.29, 0.717) is 6.04 Å². The van der Waals surface area contributed by atoms with Crippen molar-refractivity contribution in [1.82, 2.24) is 4.90 Å². The van der Waals surface area contributed by atoms with E-state index in [0.717, 1.165) is 28.8 Å². The third-order valence-electron chi connectivity index (χ3n) is 4.35. The first-order valence-corrected chi connectivity index (χ1v) is 7.93. The minimum atomic E-state index is 0.146. The second-order valence-electron chi connectivity index (χ2n) is 5.51. The van der Waals surface area contributed by atoms with E-state index in [1.165, 1.54) is 19.3 Å². The highest BCUT2D eigenvalue weighted by molar-refractivity contribution is 9.10. The summed E-state index contributed by atoms with van der Waals surface area (Å²) in [6.45, 7) is 2.27. The van der Waals surface area contributed by atoms with Crippen LogP contribution < -0.4 is 0 Å². The lowest BCUT2D eigenvalue weighted by Crippen LogP contribution is -2.39. The molecule has 104 valence electrons. The molecule has 2 rings (SSSR count). The molecule has 0 aromatic heterocycles. The standard InChI is InChI=1S/C16H22BrNO/c1-3-12-4-10-15(11-5-12)18(2)16(19)13-6-8-14(17)9-7-13/h6-9,12,15H,3-5,10-11H2,1-2H3. The predicted molar refractivity (Wildman–Crippen MR) is 82.3 cm³/mol. The zero-order valence-corrected chi connectivity index (χ0v) is 13.3. The Morgan fingerprint density at radius 1 is 1.21 bits per heavy atom. The van der Waals surface area contributed by atoms with Gasteiger partial charge in [-0.15, -0.1) is 0 Å². The number of halogens is 1. The summed E-state index contributed by atoms with van der Waals surface area (Å²) in [4.78, 5) is 14.4. The molecule has 19 heavy (non-hydrogen) atoms. The van der Waals surface area contributed by atoms with Crippen LogP contribution in [0, 0.1) is 5.92 Å². The SMILES string of the molecule is CCC1CCC(N(C)C(=O)c2ccc(Br)cc2)CC1. The minimum absolute atomic E-state index is 0.146. The maximum Gasteiger partial charge on any atom is 0.253 e. The fourth-order valence-corrected chi connectivity index (χ4v) is 3.17. The average molecular weight is 324 g/mol. The van der Waals surface area contributed by atoms with Crippen molar-refractivity contribution in [2.75, 3.05) is 7.05 Å². The van der Waals surface area contributed by atoms with Gasteiger partial charge in [-0.2, -0.15) is 0 Å². The molecule has 0 unspecified atom stereocenters. The van der Waals surface area contributed by atoms with Gasteiger partial charge in [0.2, 0.25) is 0 Å². The normalized spacial score (nSPS) is 23.1. The third kappa shape index (κ3) is 3.59. The Bertz CT molecular complexity index is 421. The van der Waals surface area contributed by atoms with Crippen molar-refractivity contribution in [3.63, 3.8) is 0 Å². The monoisotopic (exact) mass is 323 g/mol. The number of benzene rings is 1. The predicted octanol–water partition coefficient (Wildman–Crippen LogP) is 4.49. The molecule has 1 aliphatic carbocycles. The Hall–Kier alpha value is -0.830. The lowest BCUT2D eigenvalue weighted by atomic mass is 9.84. The Kier molecular flexibility index (Phi) is 5.03. The van der Waals surface area contributed by atoms with Crippen molar-refractivity contribution in [2.24, 2.45) is 5.92 Å². The molecule has 0 radical (unpaired) electrons. The van der Waals surface area contributed by atoms with Crippen molar-refractivity contribution in [2.45, 2.75) is 45.1 Å². The van der Waals surface area contributed by atoms with Crippen molar-refractivity contribution < 1.29 is 4.79 Å². The minimum Gasteiger partial charge on any atom is -0.339 e. The maximum absolute atomic E-state index is 12.4. The molecule has 0 heterocycles. The van der Waals surface area contributed by atoms with Gasteiger partial charge in [0.15, 0.2) is 0 Å². The van der Waals surface area contributed by atoms with Crippen LogP contribution in [0.1, 0.15) is 49.4 Å². The van der Waals surface area contributed by atoms with E-state index < -0.39 is 0 Å². The van der Waals surface area contributed by atoms with Crippen LogP contribution in [-0.2, 0) is 0 Å². The van der Waals surface area contributed by atoms with E-state index in [9.17, 15) is 4.79 Å². The average Bonchev–Trinajstić information content (AvgIpc) is 2.46. The summed E-state index contributed by atoms with van der Waals surface area (Å²) in [5, 5.41) is 0. The summed E-state index contributed by atoms with van der Waals surface area (Å²) < 4.78 is 1.01. The number of hydrogen-bond donors (Lipinski definition) is 0. The summed E-state index contributed by atoms with van der Waals surface area (Å²) in [7, 11) is 1.95. The maximum atomic E-state index is 12.4. The number of nitrogens with zero attached hydrogens (tertiary/aromatic N) is 1. The Balaban J connectivity index is 1.98. The molecule has 0 atom stereocenters. The fourth-order valence-electron chi connectivity index (χ4n) is 2.90. The van der Waals surface area contributed by atoms with Gasteiger partial charge in [-0.3, -0.25) is 4.79 Å². The lowest BCUT2D eigenvalue weighted by molar-refractivity contribution is 0.0674. The molecule has 0 aliphatic heterocycles. The molecule has 2 nitrogen and oxygen atoms in total. The van der Waals surface area contributed by atoms with Crippen LogP contribution in [-0.4, -0.2) is 23.9 Å². The lowest BCUT2D eigenvalue weighted by Gasteiger charge is -2.34. The van der Waals surface area contributed by atoms with Crippen LogP contribution >= 0.6 is 15.9 Å². The summed E-state index contributed by atoms with van der Waals surface area (Å²) in [5.41, 5.74) is 0.781. The van der Waals surface area contributed by atoms with Crippen molar-refractivity contribution in [1.29, 1.82) is 0 Å². The molecular weight excluding hydrogens is 302 g/mol. The molecule has 1 amide bonds. The number of carbonyl (C=O) groups excluding carboxylic acids is 1. The quantitative estimate of drug-likeness (QED) is 0.802. The Morgan fingerprint density at radius 2 is 1.79 bits per heavy atom. The second-order valence-corrected chi connectivity index (χ2v) is 6.42. The third-order valence-corrected chi connectivity index (χ3v) is 4.88. The summed E-state index contributed by atoms with van der Waals surface area (Å²) in [6.07, 6.45) is 6.10. The van der Waals surface area contributed by atoms with Crippen LogP contribution in [0.15, 0.2) is 28.7 Å². The number of carbonyl (C=O) groups is 1. The van der Waals surface area contributed by atoms with Gasteiger partial charge in [0.05, 0.1) is 0 Å². The molecule has 1 saturated carbocycles. The molecule has 0 N–H and O–H groups in total. The smallest absolute Gasteiger partial charge is 0.253 e. The molecule has 3 heteroatoms. The van der Waals surface area contributed by atoms with E-state index in [2.05, 4.69) is 22.9 Å². The van der Waals surface area contributed by atoms with E-state index >= 15 is 0 Å². The molecule has 0 bridgehead atoms. The van der Waals surface area contributed by atoms with Gasteiger partial charge >= 0.3 is 0 Å². The van der Waals surface area contributed by atoms with E-state index in [1.54, 1.807) is 0 Å². The highest BCUT2D eigenvalue weighted by Crippen LogP contribution is 2.29. The van der Waals surface area contributed by atoms with Gasteiger partial charge in [-0.05, 0) is 55.9 Å². The van der Waals surface area contributed by atoms with Gasteiger partial charge in [0, 0.05) is 23.1 Å². The van der Waals surface area contributed by atoms with Gasteiger partial charge in [0.25, 0.3) is 5.91 Å². The fraction of sp³-hybridized carbons (Fsp3) is 0.562. The molecule has 1 aliphatic rings. The number of rotatable bonds is 3. The van der Waals surface area contributed by atoms with Crippen molar-refractivity contribution in [3.8, 4) is 0 Å². The molecular formula is C16H22BrNO. The molecule has 1 aromatic rings. The summed E-state index contributed by atoms with van der Waals surface area (Å²) >= 11 is 3.40. The Morgan fingerprint density at radius 3 is 2.32 bits per heavy atom. The van der Waals surface area contributed by atoms with Gasteiger partial charge in [-0.25, -0.2) is 0 Å². The molecule has 0 saturated heterocycles. The number of hydrogen-bond acceptors (Lipinski definition) is 1. The van der Waals surface area contributed by atoms with E-state index in [4.69, 9.17) is 0 Å². The van der Waals surface area contributed by atoms with Gasteiger partial charge < -0.3 is 4.90 Å². The van der Waals surface area contributed by atoms with Crippen LogP contribution in [0.5, 0.6) is 0 Å². The van der Waals surface area contributed by atoms with Gasteiger partial charge in [-0.1, -0.05) is 29.3 Å². The zero-order valence-electron chi connectivity index (χ0n) is 11.7. The summed E-state index contributed by atoms with van der Waals surface area (Å²) in [6, 6.07) is 8.05. The Labute approximate surface area is 124 Å². The second kappa shape index (κ2) is 6.56. The number of amides is 1. The van der Waals surface area contributed by atoms with Crippen molar-refractivity contribution >= 4 is 21.8 Å². The highest BCUT2D eigenvalue weighted by atomic mass is 79.9. The van der Waals surface area contributed by atoms with Crippen LogP contribution in [0.3, 0.4) is 0 Å². The largest absolute Gasteiger partial charge is 0.339 e. The van der Waals surface area contributed by atoms with Crippen LogP contribution in [0.2, 0.25) is 0 Å². The van der Waals surface area contributed by atoms with Gasteiger partial charge in [0.1, 0.15) is 0 Å². The zero-order chi connectivity index (χ0) is 13.8. The topological polar surface area (TPSA) is 20.3 Å².